The second-order valence-electron chi connectivity index (χ2n) is 6.96. The van der Waals surface area contributed by atoms with Gasteiger partial charge in [0, 0.05) is 17.6 Å². The summed E-state index contributed by atoms with van der Waals surface area (Å²) in [4.78, 5) is 52.9. The van der Waals surface area contributed by atoms with Crippen LogP contribution in [0.5, 0.6) is 0 Å². The maximum absolute atomic E-state index is 12.6. The molecule has 4 rings (SSSR count). The molecule has 2 aliphatic rings. The molecule has 0 aliphatic carbocycles. The van der Waals surface area contributed by atoms with Crippen molar-refractivity contribution in [2.24, 2.45) is 0 Å². The highest BCUT2D eigenvalue weighted by molar-refractivity contribution is 7.07. The molecular formula is C19H16ClF3N4O5S. The molecule has 2 aromatic rings. The van der Waals surface area contributed by atoms with Crippen LogP contribution < -0.4 is 10.2 Å². The van der Waals surface area contributed by atoms with E-state index in [-0.39, 0.29) is 22.9 Å². The lowest BCUT2D eigenvalue weighted by Gasteiger charge is -2.26. The SMILES string of the molecule is O=C(Nc1ccc(N2C(=O)C3CCCCN3C2=O)c(Cl)c1)c1cscn1.O=C(O)C(F)(F)F. The van der Waals surface area contributed by atoms with Crippen LogP contribution in [-0.2, 0) is 9.59 Å². The van der Waals surface area contributed by atoms with Gasteiger partial charge in [0.2, 0.25) is 0 Å². The molecule has 33 heavy (non-hydrogen) atoms. The largest absolute Gasteiger partial charge is 0.490 e. The normalized spacial score (nSPS) is 17.9. The molecule has 2 saturated heterocycles. The molecule has 3 heterocycles. The highest BCUT2D eigenvalue weighted by atomic mass is 35.5. The molecule has 0 bridgehead atoms. The van der Waals surface area contributed by atoms with Gasteiger partial charge in [0.1, 0.15) is 11.7 Å². The minimum Gasteiger partial charge on any atom is -0.475 e. The van der Waals surface area contributed by atoms with Crippen molar-refractivity contribution < 1.29 is 37.5 Å². The van der Waals surface area contributed by atoms with Crippen LogP contribution in [0.25, 0.3) is 0 Å². The number of fused-ring (bicyclic) bond motifs is 1. The molecule has 2 N–H and O–H groups in total. The number of aromatic nitrogens is 1. The average molecular weight is 505 g/mol. The van der Waals surface area contributed by atoms with Crippen molar-refractivity contribution in [3.63, 3.8) is 0 Å². The predicted octanol–water partition coefficient (Wildman–Crippen LogP) is 4.00. The molecular weight excluding hydrogens is 489 g/mol. The monoisotopic (exact) mass is 504 g/mol. The first kappa shape index (κ1) is 24.5. The fourth-order valence-electron chi connectivity index (χ4n) is 3.30. The van der Waals surface area contributed by atoms with Gasteiger partial charge in [0.25, 0.3) is 11.8 Å². The van der Waals surface area contributed by atoms with Crippen LogP contribution in [0.4, 0.5) is 29.3 Å². The van der Waals surface area contributed by atoms with Crippen LogP contribution in [0, 0.1) is 0 Å². The van der Waals surface area contributed by atoms with E-state index in [4.69, 9.17) is 21.5 Å². The smallest absolute Gasteiger partial charge is 0.475 e. The molecule has 9 nitrogen and oxygen atoms in total. The van der Waals surface area contributed by atoms with Crippen molar-refractivity contribution >= 4 is 58.1 Å². The van der Waals surface area contributed by atoms with Gasteiger partial charge in [-0.1, -0.05) is 11.6 Å². The lowest BCUT2D eigenvalue weighted by molar-refractivity contribution is -0.192. The Morgan fingerprint density at radius 1 is 1.24 bits per heavy atom. The van der Waals surface area contributed by atoms with E-state index in [1.807, 2.05) is 0 Å². The van der Waals surface area contributed by atoms with Crippen LogP contribution in [0.1, 0.15) is 29.8 Å². The number of alkyl halides is 3. The topological polar surface area (TPSA) is 120 Å². The van der Waals surface area contributed by atoms with E-state index in [1.165, 1.54) is 17.4 Å². The molecule has 1 aromatic heterocycles. The number of carboxylic acids is 1. The number of carboxylic acid groups (broad SMARTS) is 1. The number of hydrogen-bond acceptors (Lipinski definition) is 6. The van der Waals surface area contributed by atoms with Crippen molar-refractivity contribution in [3.8, 4) is 0 Å². The molecule has 1 unspecified atom stereocenters. The van der Waals surface area contributed by atoms with Gasteiger partial charge in [0.15, 0.2) is 0 Å². The summed E-state index contributed by atoms with van der Waals surface area (Å²) in [5, 5.41) is 11.7. The van der Waals surface area contributed by atoms with E-state index in [1.54, 1.807) is 27.9 Å². The lowest BCUT2D eigenvalue weighted by atomic mass is 10.0. The first-order valence-electron chi connectivity index (χ1n) is 9.44. The minimum atomic E-state index is -5.08. The number of carbonyl (C=O) groups is 4. The van der Waals surface area contributed by atoms with E-state index in [0.717, 1.165) is 17.7 Å². The number of imide groups is 1. The number of piperidine rings is 1. The third-order valence-corrected chi connectivity index (χ3v) is 5.69. The summed E-state index contributed by atoms with van der Waals surface area (Å²) < 4.78 is 31.7. The van der Waals surface area contributed by atoms with Gasteiger partial charge in [-0.25, -0.2) is 19.5 Å². The zero-order chi connectivity index (χ0) is 24.3. The Hall–Kier alpha value is -3.19. The summed E-state index contributed by atoms with van der Waals surface area (Å²) in [6.07, 6.45) is -2.57. The van der Waals surface area contributed by atoms with Crippen LogP contribution in [0.15, 0.2) is 29.1 Å². The van der Waals surface area contributed by atoms with E-state index < -0.39 is 18.2 Å². The maximum Gasteiger partial charge on any atom is 0.490 e. The molecule has 0 radical (unpaired) electrons. The van der Waals surface area contributed by atoms with Crippen molar-refractivity contribution in [1.29, 1.82) is 0 Å². The molecule has 2 fully saturated rings. The number of rotatable bonds is 3. The molecule has 1 atom stereocenters. The Balaban J connectivity index is 0.000000383. The number of thiazole rings is 1. The number of urea groups is 1. The van der Waals surface area contributed by atoms with Crippen LogP contribution >= 0.6 is 22.9 Å². The van der Waals surface area contributed by atoms with Crippen LogP contribution in [-0.4, -0.2) is 57.6 Å². The molecule has 0 saturated carbocycles. The fourth-order valence-corrected chi connectivity index (χ4v) is 4.09. The summed E-state index contributed by atoms with van der Waals surface area (Å²) >= 11 is 7.64. The predicted molar refractivity (Wildman–Crippen MR) is 112 cm³/mol. The maximum atomic E-state index is 12.6. The summed E-state index contributed by atoms with van der Waals surface area (Å²) in [6.45, 7) is 0.588. The number of amides is 4. The fraction of sp³-hybridized carbons (Fsp3) is 0.316. The number of hydrogen-bond donors (Lipinski definition) is 2. The zero-order valence-electron chi connectivity index (χ0n) is 16.6. The van der Waals surface area contributed by atoms with Crippen molar-refractivity contribution in [3.05, 3.63) is 39.8 Å². The van der Waals surface area contributed by atoms with E-state index in [9.17, 15) is 27.6 Å². The quantitative estimate of drug-likeness (QED) is 0.610. The van der Waals surface area contributed by atoms with Crippen molar-refractivity contribution in [1.82, 2.24) is 9.88 Å². The molecule has 0 spiro atoms. The van der Waals surface area contributed by atoms with E-state index >= 15 is 0 Å². The molecule has 4 amide bonds. The number of carbonyl (C=O) groups excluding carboxylic acids is 3. The third-order valence-electron chi connectivity index (χ3n) is 4.80. The lowest BCUT2D eigenvalue weighted by Crippen LogP contribution is -2.39. The first-order chi connectivity index (χ1) is 15.5. The number of anilines is 2. The van der Waals surface area contributed by atoms with Gasteiger partial charge in [-0.05, 0) is 37.5 Å². The number of nitrogens with zero attached hydrogens (tertiary/aromatic N) is 3. The Kier molecular flexibility index (Phi) is 7.22. The zero-order valence-corrected chi connectivity index (χ0v) is 18.2. The number of nitrogens with one attached hydrogen (secondary N) is 1. The Labute approximate surface area is 193 Å². The van der Waals surface area contributed by atoms with Gasteiger partial charge in [-0.3, -0.25) is 9.59 Å². The average Bonchev–Trinajstić information content (AvgIpc) is 3.37. The van der Waals surface area contributed by atoms with Gasteiger partial charge >= 0.3 is 18.2 Å². The third kappa shape index (κ3) is 5.42. The van der Waals surface area contributed by atoms with Gasteiger partial charge in [-0.15, -0.1) is 11.3 Å². The number of benzene rings is 1. The van der Waals surface area contributed by atoms with E-state index in [0.29, 0.717) is 30.0 Å². The highest BCUT2D eigenvalue weighted by Gasteiger charge is 2.47. The Morgan fingerprint density at radius 3 is 2.48 bits per heavy atom. The second kappa shape index (κ2) is 9.75. The minimum absolute atomic E-state index is 0.225. The number of halogens is 4. The molecule has 1 aromatic carbocycles. The summed E-state index contributed by atoms with van der Waals surface area (Å²) in [5.74, 6) is -3.34. The summed E-state index contributed by atoms with van der Waals surface area (Å²) in [6, 6.07) is 3.99. The molecule has 176 valence electrons. The highest BCUT2D eigenvalue weighted by Crippen LogP contribution is 2.35. The van der Waals surface area contributed by atoms with E-state index in [2.05, 4.69) is 10.3 Å². The van der Waals surface area contributed by atoms with Crippen LogP contribution in [0.3, 0.4) is 0 Å². The van der Waals surface area contributed by atoms with Gasteiger partial charge in [0.05, 0.1) is 16.2 Å². The standard InChI is InChI=1S/C17H15ClN4O3S.C2HF3O2/c18-11-7-10(20-15(23)12-8-26-9-19-12)4-5-13(11)22-16(24)14-3-1-2-6-21(14)17(22)25;3-2(4,5)1(6)7/h4-5,7-9,14H,1-3,6H2,(H,20,23);(H,6,7). The molecule has 14 heteroatoms. The Bertz CT molecular complexity index is 1060. The van der Waals surface area contributed by atoms with Gasteiger partial charge < -0.3 is 15.3 Å². The van der Waals surface area contributed by atoms with Crippen molar-refractivity contribution in [2.45, 2.75) is 31.5 Å². The second-order valence-corrected chi connectivity index (χ2v) is 8.08. The molecule has 2 aliphatic heterocycles. The Morgan fingerprint density at radius 2 is 1.94 bits per heavy atom. The number of aliphatic carboxylic acids is 1. The van der Waals surface area contributed by atoms with Gasteiger partial charge in [-0.2, -0.15) is 13.2 Å². The van der Waals surface area contributed by atoms with Crippen molar-refractivity contribution in [2.75, 3.05) is 16.8 Å². The summed E-state index contributed by atoms with van der Waals surface area (Å²) in [7, 11) is 0. The van der Waals surface area contributed by atoms with Crippen LogP contribution in [0.2, 0.25) is 5.02 Å². The first-order valence-corrected chi connectivity index (χ1v) is 10.8. The summed E-state index contributed by atoms with van der Waals surface area (Å²) in [5.41, 5.74) is 2.69.